The number of aliphatic carboxylic acids is 1. The standard InChI is InChI=1S/C16H11FN4O3S/c17-10-5-3-9(4-6-10)14-12(8-13(22)23)25-16-19-18-15(21(16)20-14)11-2-1-7-24-11/h1-7,12H,8H2,(H,22,23)/t12-/m1/s1. The van der Waals surface area contributed by atoms with Gasteiger partial charge in [-0.3, -0.25) is 4.79 Å². The molecule has 1 aliphatic heterocycles. The summed E-state index contributed by atoms with van der Waals surface area (Å²) in [5.74, 6) is -0.408. The lowest BCUT2D eigenvalue weighted by Crippen LogP contribution is -2.27. The van der Waals surface area contributed by atoms with E-state index in [0.717, 1.165) is 0 Å². The maximum Gasteiger partial charge on any atom is 0.304 e. The molecule has 0 aliphatic carbocycles. The third kappa shape index (κ3) is 2.93. The van der Waals surface area contributed by atoms with E-state index in [1.54, 1.807) is 24.3 Å². The monoisotopic (exact) mass is 358 g/mol. The zero-order chi connectivity index (χ0) is 17.4. The summed E-state index contributed by atoms with van der Waals surface area (Å²) >= 11 is 1.25. The minimum absolute atomic E-state index is 0.135. The molecular weight excluding hydrogens is 347 g/mol. The highest BCUT2D eigenvalue weighted by molar-refractivity contribution is 8.00. The Morgan fingerprint density at radius 1 is 1.28 bits per heavy atom. The van der Waals surface area contributed by atoms with Crippen LogP contribution >= 0.6 is 11.8 Å². The first-order chi connectivity index (χ1) is 12.1. The maximum absolute atomic E-state index is 13.2. The molecule has 0 saturated heterocycles. The van der Waals surface area contributed by atoms with Crippen LogP contribution in [-0.4, -0.2) is 36.9 Å². The van der Waals surface area contributed by atoms with Gasteiger partial charge in [-0.15, -0.1) is 10.2 Å². The smallest absolute Gasteiger partial charge is 0.304 e. The molecule has 1 N–H and O–H groups in total. The molecule has 1 aliphatic rings. The second kappa shape index (κ2) is 6.17. The number of furan rings is 1. The summed E-state index contributed by atoms with van der Waals surface area (Å²) in [6, 6.07) is 9.24. The lowest BCUT2D eigenvalue weighted by Gasteiger charge is -2.21. The number of fused-ring (bicyclic) bond motifs is 1. The second-order valence-corrected chi connectivity index (χ2v) is 6.46. The van der Waals surface area contributed by atoms with Crippen LogP contribution in [0.25, 0.3) is 11.6 Å². The molecule has 7 nitrogen and oxygen atoms in total. The Morgan fingerprint density at radius 2 is 2.08 bits per heavy atom. The molecule has 0 bridgehead atoms. The molecule has 0 unspecified atom stereocenters. The lowest BCUT2D eigenvalue weighted by atomic mass is 10.1. The van der Waals surface area contributed by atoms with Crippen LogP contribution in [0.3, 0.4) is 0 Å². The third-order valence-electron chi connectivity index (χ3n) is 3.61. The van der Waals surface area contributed by atoms with Gasteiger partial charge in [0.2, 0.25) is 11.0 Å². The Morgan fingerprint density at radius 3 is 2.76 bits per heavy atom. The predicted molar refractivity (Wildman–Crippen MR) is 88.0 cm³/mol. The maximum atomic E-state index is 13.2. The summed E-state index contributed by atoms with van der Waals surface area (Å²) < 4.78 is 20.1. The van der Waals surface area contributed by atoms with Gasteiger partial charge in [0.05, 0.1) is 23.6 Å². The second-order valence-electron chi connectivity index (χ2n) is 5.29. The number of hydrogen-bond acceptors (Lipinski definition) is 6. The van der Waals surface area contributed by atoms with Gasteiger partial charge in [0.25, 0.3) is 0 Å². The van der Waals surface area contributed by atoms with E-state index in [-0.39, 0.29) is 12.2 Å². The Labute approximate surface area is 145 Å². The molecule has 3 aromatic rings. The summed E-state index contributed by atoms with van der Waals surface area (Å²) in [5.41, 5.74) is 1.16. The highest BCUT2D eigenvalue weighted by Crippen LogP contribution is 2.34. The number of nitrogens with zero attached hydrogens (tertiary/aromatic N) is 4. The molecule has 1 atom stereocenters. The Bertz CT molecular complexity index is 950. The number of thioether (sulfide) groups is 1. The minimum Gasteiger partial charge on any atom is -0.481 e. The first-order valence-electron chi connectivity index (χ1n) is 7.34. The van der Waals surface area contributed by atoms with Gasteiger partial charge in [-0.05, 0) is 29.8 Å². The van der Waals surface area contributed by atoms with Crippen molar-refractivity contribution in [3.63, 3.8) is 0 Å². The third-order valence-corrected chi connectivity index (χ3v) is 4.75. The van der Waals surface area contributed by atoms with Gasteiger partial charge >= 0.3 is 5.97 Å². The molecule has 0 radical (unpaired) electrons. The van der Waals surface area contributed by atoms with Gasteiger partial charge in [0.1, 0.15) is 5.82 Å². The molecule has 25 heavy (non-hydrogen) atoms. The summed E-state index contributed by atoms with van der Waals surface area (Å²) in [6.45, 7) is 0. The van der Waals surface area contributed by atoms with Crippen molar-refractivity contribution in [2.24, 2.45) is 5.10 Å². The minimum atomic E-state index is -0.952. The molecule has 2 aromatic heterocycles. The summed E-state index contributed by atoms with van der Waals surface area (Å²) in [7, 11) is 0. The van der Waals surface area contributed by atoms with E-state index in [1.807, 2.05) is 0 Å². The summed E-state index contributed by atoms with van der Waals surface area (Å²) in [6.07, 6.45) is 1.38. The number of carboxylic acids is 1. The van der Waals surface area contributed by atoms with Crippen molar-refractivity contribution >= 4 is 23.4 Å². The fourth-order valence-electron chi connectivity index (χ4n) is 2.50. The van der Waals surface area contributed by atoms with Gasteiger partial charge in [-0.25, -0.2) is 4.39 Å². The number of aromatic nitrogens is 3. The molecule has 0 fully saturated rings. The van der Waals surface area contributed by atoms with Crippen LogP contribution in [0.15, 0.2) is 57.3 Å². The number of benzene rings is 1. The van der Waals surface area contributed by atoms with Gasteiger partial charge in [0, 0.05) is 0 Å². The van der Waals surface area contributed by atoms with Gasteiger partial charge in [0.15, 0.2) is 5.76 Å². The molecule has 3 heterocycles. The number of carbonyl (C=O) groups is 1. The molecule has 4 rings (SSSR count). The van der Waals surface area contributed by atoms with Crippen molar-refractivity contribution < 1.29 is 18.7 Å². The van der Waals surface area contributed by atoms with Crippen LogP contribution in [0, 0.1) is 5.82 Å². The summed E-state index contributed by atoms with van der Waals surface area (Å²) in [4.78, 5) is 11.2. The van der Waals surface area contributed by atoms with E-state index < -0.39 is 11.2 Å². The molecule has 126 valence electrons. The first-order valence-corrected chi connectivity index (χ1v) is 8.22. The molecule has 0 spiro atoms. The predicted octanol–water partition coefficient (Wildman–Crippen LogP) is 2.88. The highest BCUT2D eigenvalue weighted by Gasteiger charge is 2.31. The normalized spacial score (nSPS) is 16.4. The van der Waals surface area contributed by atoms with E-state index in [2.05, 4.69) is 15.3 Å². The van der Waals surface area contributed by atoms with E-state index in [9.17, 15) is 14.3 Å². The van der Waals surface area contributed by atoms with Gasteiger partial charge in [-0.2, -0.15) is 9.78 Å². The Balaban J connectivity index is 1.82. The van der Waals surface area contributed by atoms with E-state index in [1.165, 1.54) is 34.8 Å². The molecule has 0 amide bonds. The fraction of sp³-hybridized carbons (Fsp3) is 0.125. The number of halogens is 1. The topological polar surface area (TPSA) is 93.5 Å². The lowest BCUT2D eigenvalue weighted by molar-refractivity contribution is -0.136. The quantitative estimate of drug-likeness (QED) is 0.771. The average Bonchev–Trinajstić information content (AvgIpc) is 3.23. The molecular formula is C16H11FN4O3S. The average molecular weight is 358 g/mol. The van der Waals surface area contributed by atoms with Crippen LogP contribution in [0.2, 0.25) is 0 Å². The van der Waals surface area contributed by atoms with E-state index in [4.69, 9.17) is 4.42 Å². The van der Waals surface area contributed by atoms with Crippen LogP contribution in [0.5, 0.6) is 0 Å². The van der Waals surface area contributed by atoms with Crippen LogP contribution in [-0.2, 0) is 4.79 Å². The van der Waals surface area contributed by atoms with Crippen molar-refractivity contribution in [3.05, 3.63) is 54.0 Å². The largest absolute Gasteiger partial charge is 0.481 e. The van der Waals surface area contributed by atoms with Gasteiger partial charge in [-0.1, -0.05) is 23.9 Å². The van der Waals surface area contributed by atoms with Crippen molar-refractivity contribution in [2.45, 2.75) is 16.8 Å². The molecule has 1 aromatic carbocycles. The van der Waals surface area contributed by atoms with Crippen LogP contribution in [0.4, 0.5) is 4.39 Å². The Kier molecular flexibility index (Phi) is 3.85. The van der Waals surface area contributed by atoms with Crippen molar-refractivity contribution in [1.82, 2.24) is 14.9 Å². The van der Waals surface area contributed by atoms with Crippen LogP contribution in [0.1, 0.15) is 12.0 Å². The molecule has 0 saturated carbocycles. The van der Waals surface area contributed by atoms with Crippen molar-refractivity contribution in [1.29, 1.82) is 0 Å². The number of hydrogen-bond donors (Lipinski definition) is 1. The molecule has 9 heteroatoms. The van der Waals surface area contributed by atoms with Crippen LogP contribution < -0.4 is 0 Å². The number of rotatable bonds is 4. The SMILES string of the molecule is O=C(O)C[C@H]1Sc2nnc(-c3ccco3)n2N=C1c1ccc(F)cc1. The first kappa shape index (κ1) is 15.6. The Hall–Kier alpha value is -2.94. The number of carboxylic acid groups (broad SMARTS) is 1. The zero-order valence-corrected chi connectivity index (χ0v) is 13.5. The van der Waals surface area contributed by atoms with E-state index in [0.29, 0.717) is 28.0 Å². The van der Waals surface area contributed by atoms with Crippen molar-refractivity contribution in [3.8, 4) is 11.6 Å². The fourth-order valence-corrected chi connectivity index (χ4v) is 3.60. The van der Waals surface area contributed by atoms with Gasteiger partial charge < -0.3 is 9.52 Å². The zero-order valence-electron chi connectivity index (χ0n) is 12.7. The van der Waals surface area contributed by atoms with Crippen molar-refractivity contribution in [2.75, 3.05) is 0 Å². The van der Waals surface area contributed by atoms with E-state index >= 15 is 0 Å². The summed E-state index contributed by atoms with van der Waals surface area (Å²) in [5, 5.41) is 21.9. The highest BCUT2D eigenvalue weighted by atomic mass is 32.2.